The van der Waals surface area contributed by atoms with Gasteiger partial charge in [0, 0.05) is 5.92 Å². The summed E-state index contributed by atoms with van der Waals surface area (Å²) in [6, 6.07) is 15.3. The molecular formula is C17H19FO. The van der Waals surface area contributed by atoms with Crippen LogP contribution >= 0.6 is 0 Å². The van der Waals surface area contributed by atoms with E-state index in [9.17, 15) is 4.39 Å². The third kappa shape index (κ3) is 3.34. The normalized spacial score (nSPS) is 12.2. The Morgan fingerprint density at radius 1 is 1.05 bits per heavy atom. The predicted octanol–water partition coefficient (Wildman–Crippen LogP) is 4.77. The van der Waals surface area contributed by atoms with Crippen molar-refractivity contribution in [3.05, 3.63) is 65.5 Å². The molecule has 2 heteroatoms. The molecule has 0 aliphatic rings. The highest BCUT2D eigenvalue weighted by molar-refractivity contribution is 5.36. The molecule has 1 unspecified atom stereocenters. The summed E-state index contributed by atoms with van der Waals surface area (Å²) in [6.45, 7) is 4.63. The zero-order chi connectivity index (χ0) is 13.7. The molecule has 1 nitrogen and oxygen atoms in total. The summed E-state index contributed by atoms with van der Waals surface area (Å²) < 4.78 is 19.3. The highest BCUT2D eigenvalue weighted by Crippen LogP contribution is 2.27. The second kappa shape index (κ2) is 6.37. The van der Waals surface area contributed by atoms with E-state index < -0.39 is 0 Å². The molecular weight excluding hydrogens is 239 g/mol. The Balaban J connectivity index is 2.20. The third-order valence-corrected chi connectivity index (χ3v) is 3.22. The van der Waals surface area contributed by atoms with Crippen molar-refractivity contribution in [2.24, 2.45) is 0 Å². The van der Waals surface area contributed by atoms with Crippen molar-refractivity contribution in [3.8, 4) is 5.75 Å². The van der Waals surface area contributed by atoms with Crippen molar-refractivity contribution in [2.75, 3.05) is 6.61 Å². The van der Waals surface area contributed by atoms with Gasteiger partial charge in [0.05, 0.1) is 6.61 Å². The summed E-state index contributed by atoms with van der Waals surface area (Å²) in [4.78, 5) is 0. The molecule has 0 amide bonds. The standard InChI is InChI=1S/C17H19FO/c1-3-11-19-17-10-9-15(12-16(17)18)13(2)14-7-5-4-6-8-14/h4-10,12-13H,3,11H2,1-2H3. The topological polar surface area (TPSA) is 9.23 Å². The molecule has 0 saturated carbocycles. The van der Waals surface area contributed by atoms with E-state index >= 15 is 0 Å². The molecule has 2 rings (SSSR count). The lowest BCUT2D eigenvalue weighted by atomic mass is 9.93. The summed E-state index contributed by atoms with van der Waals surface area (Å²) >= 11 is 0. The van der Waals surface area contributed by atoms with E-state index in [2.05, 4.69) is 19.1 Å². The number of benzene rings is 2. The highest BCUT2D eigenvalue weighted by atomic mass is 19.1. The van der Waals surface area contributed by atoms with E-state index in [0.717, 1.165) is 12.0 Å². The first-order chi connectivity index (χ1) is 9.22. The van der Waals surface area contributed by atoms with Gasteiger partial charge < -0.3 is 4.74 Å². The second-order valence-corrected chi connectivity index (χ2v) is 4.67. The van der Waals surface area contributed by atoms with Gasteiger partial charge in [0.25, 0.3) is 0 Å². The first kappa shape index (κ1) is 13.6. The molecule has 0 fully saturated rings. The van der Waals surface area contributed by atoms with Crippen LogP contribution in [0.5, 0.6) is 5.75 Å². The molecule has 0 aliphatic heterocycles. The Morgan fingerprint density at radius 2 is 1.79 bits per heavy atom. The fourth-order valence-corrected chi connectivity index (χ4v) is 2.05. The van der Waals surface area contributed by atoms with Crippen molar-refractivity contribution in [3.63, 3.8) is 0 Å². The second-order valence-electron chi connectivity index (χ2n) is 4.67. The molecule has 2 aromatic rings. The van der Waals surface area contributed by atoms with Crippen LogP contribution in [0.15, 0.2) is 48.5 Å². The first-order valence-corrected chi connectivity index (χ1v) is 6.69. The molecule has 0 aromatic heterocycles. The molecule has 2 aromatic carbocycles. The molecule has 1 atom stereocenters. The quantitative estimate of drug-likeness (QED) is 0.751. The summed E-state index contributed by atoms with van der Waals surface area (Å²) in [5.41, 5.74) is 2.15. The molecule has 0 heterocycles. The Kier molecular flexibility index (Phi) is 4.56. The number of ether oxygens (including phenoxy) is 1. The summed E-state index contributed by atoms with van der Waals surface area (Å²) in [5, 5.41) is 0. The maximum atomic E-state index is 13.9. The monoisotopic (exact) mass is 258 g/mol. The number of rotatable bonds is 5. The lowest BCUT2D eigenvalue weighted by molar-refractivity contribution is 0.301. The van der Waals surface area contributed by atoms with E-state index in [4.69, 9.17) is 4.74 Å². The van der Waals surface area contributed by atoms with Crippen molar-refractivity contribution >= 4 is 0 Å². The smallest absolute Gasteiger partial charge is 0.165 e. The summed E-state index contributed by atoms with van der Waals surface area (Å²) in [6.07, 6.45) is 0.877. The van der Waals surface area contributed by atoms with Gasteiger partial charge in [-0.25, -0.2) is 4.39 Å². The largest absolute Gasteiger partial charge is 0.491 e. The van der Waals surface area contributed by atoms with Gasteiger partial charge in [0.15, 0.2) is 11.6 Å². The van der Waals surface area contributed by atoms with Crippen molar-refractivity contribution in [1.82, 2.24) is 0 Å². The van der Waals surface area contributed by atoms with Crippen molar-refractivity contribution in [1.29, 1.82) is 0 Å². The van der Waals surface area contributed by atoms with Crippen molar-refractivity contribution < 1.29 is 9.13 Å². The molecule has 19 heavy (non-hydrogen) atoms. The number of hydrogen-bond acceptors (Lipinski definition) is 1. The van der Waals surface area contributed by atoms with Crippen LogP contribution in [0.25, 0.3) is 0 Å². The van der Waals surface area contributed by atoms with Crippen LogP contribution in [0.3, 0.4) is 0 Å². The van der Waals surface area contributed by atoms with Gasteiger partial charge in [-0.05, 0) is 29.7 Å². The van der Waals surface area contributed by atoms with Gasteiger partial charge in [-0.3, -0.25) is 0 Å². The maximum Gasteiger partial charge on any atom is 0.165 e. The molecule has 0 bridgehead atoms. The van der Waals surface area contributed by atoms with E-state index in [1.807, 2.05) is 31.2 Å². The van der Waals surface area contributed by atoms with Gasteiger partial charge in [-0.2, -0.15) is 0 Å². The number of hydrogen-bond donors (Lipinski definition) is 0. The SMILES string of the molecule is CCCOc1ccc(C(C)c2ccccc2)cc1F. The van der Waals surface area contributed by atoms with Crippen LogP contribution in [-0.2, 0) is 0 Å². The molecule has 0 saturated heterocycles. The average molecular weight is 258 g/mol. The first-order valence-electron chi connectivity index (χ1n) is 6.69. The lowest BCUT2D eigenvalue weighted by Crippen LogP contribution is -2.00. The minimum atomic E-state index is -0.284. The van der Waals surface area contributed by atoms with Crippen LogP contribution in [-0.4, -0.2) is 6.61 Å². The van der Waals surface area contributed by atoms with Crippen LogP contribution in [0.1, 0.15) is 37.3 Å². The minimum absolute atomic E-state index is 0.177. The number of halogens is 1. The van der Waals surface area contributed by atoms with Crippen LogP contribution < -0.4 is 4.74 Å². The molecule has 0 aliphatic carbocycles. The summed E-state index contributed by atoms with van der Waals surface area (Å²) in [7, 11) is 0. The molecule has 0 N–H and O–H groups in total. The zero-order valence-corrected chi connectivity index (χ0v) is 11.4. The fourth-order valence-electron chi connectivity index (χ4n) is 2.05. The van der Waals surface area contributed by atoms with Gasteiger partial charge >= 0.3 is 0 Å². The van der Waals surface area contributed by atoms with Gasteiger partial charge in [-0.15, -0.1) is 0 Å². The fraction of sp³-hybridized carbons (Fsp3) is 0.294. The maximum absolute atomic E-state index is 13.9. The summed E-state index contributed by atoms with van der Waals surface area (Å²) in [5.74, 6) is 0.232. The van der Waals surface area contributed by atoms with E-state index in [1.54, 1.807) is 12.1 Å². The minimum Gasteiger partial charge on any atom is -0.491 e. The third-order valence-electron chi connectivity index (χ3n) is 3.22. The van der Waals surface area contributed by atoms with E-state index in [-0.39, 0.29) is 11.7 Å². The van der Waals surface area contributed by atoms with Gasteiger partial charge in [0.2, 0.25) is 0 Å². The van der Waals surface area contributed by atoms with Gasteiger partial charge in [-0.1, -0.05) is 50.2 Å². The van der Waals surface area contributed by atoms with Crippen molar-refractivity contribution in [2.45, 2.75) is 26.2 Å². The molecule has 100 valence electrons. The molecule has 0 radical (unpaired) electrons. The zero-order valence-electron chi connectivity index (χ0n) is 11.4. The molecule has 0 spiro atoms. The Labute approximate surface area is 114 Å². The van der Waals surface area contributed by atoms with Crippen LogP contribution in [0, 0.1) is 5.82 Å². The van der Waals surface area contributed by atoms with E-state index in [1.165, 1.54) is 5.56 Å². The lowest BCUT2D eigenvalue weighted by Gasteiger charge is -2.14. The predicted molar refractivity (Wildman–Crippen MR) is 76.1 cm³/mol. The Morgan fingerprint density at radius 3 is 2.42 bits per heavy atom. The Bertz CT molecular complexity index is 522. The van der Waals surface area contributed by atoms with Crippen LogP contribution in [0.2, 0.25) is 0 Å². The van der Waals surface area contributed by atoms with Crippen LogP contribution in [0.4, 0.5) is 4.39 Å². The average Bonchev–Trinajstić information content (AvgIpc) is 2.46. The Hall–Kier alpha value is -1.83. The van der Waals surface area contributed by atoms with Gasteiger partial charge in [0.1, 0.15) is 0 Å². The van der Waals surface area contributed by atoms with E-state index in [0.29, 0.717) is 12.4 Å². The highest BCUT2D eigenvalue weighted by Gasteiger charge is 2.11.